The predicted molar refractivity (Wildman–Crippen MR) is 141 cm³/mol. The number of thioether (sulfide) groups is 1. The van der Waals surface area contributed by atoms with E-state index in [2.05, 4.69) is 27.6 Å². The predicted octanol–water partition coefficient (Wildman–Crippen LogP) is 5.59. The van der Waals surface area contributed by atoms with Crippen molar-refractivity contribution in [2.75, 3.05) is 12.9 Å². The molecule has 0 spiro atoms. The van der Waals surface area contributed by atoms with Crippen LogP contribution >= 0.6 is 23.4 Å². The van der Waals surface area contributed by atoms with Gasteiger partial charge < -0.3 is 10.1 Å². The van der Waals surface area contributed by atoms with Gasteiger partial charge in [0.2, 0.25) is 5.91 Å². The molecule has 0 unspecified atom stereocenters. The summed E-state index contributed by atoms with van der Waals surface area (Å²) in [6.07, 6.45) is 4.06. The Morgan fingerprint density at radius 1 is 1.06 bits per heavy atom. The number of aryl methyl sites for hydroxylation is 1. The molecule has 0 saturated heterocycles. The van der Waals surface area contributed by atoms with Crippen LogP contribution in [0.15, 0.2) is 90.1 Å². The monoisotopic (exact) mass is 504 g/mol. The van der Waals surface area contributed by atoms with E-state index in [1.807, 2.05) is 65.2 Å². The highest BCUT2D eigenvalue weighted by Crippen LogP contribution is 2.25. The number of carbonyl (C=O) groups is 1. The molecule has 6 nitrogen and oxygen atoms in total. The van der Waals surface area contributed by atoms with Crippen molar-refractivity contribution < 1.29 is 9.53 Å². The molecule has 8 heteroatoms. The summed E-state index contributed by atoms with van der Waals surface area (Å²) in [6, 6.07) is 25.4. The average Bonchev–Trinajstić information content (AvgIpc) is 3.30. The number of nitrogens with zero attached hydrogens (tertiary/aromatic N) is 3. The van der Waals surface area contributed by atoms with Crippen molar-refractivity contribution in [2.45, 2.75) is 18.1 Å². The fraction of sp³-hybridized carbons (Fsp3) is 0.148. The summed E-state index contributed by atoms with van der Waals surface area (Å²) in [6.45, 7) is 0.217. The van der Waals surface area contributed by atoms with E-state index in [4.69, 9.17) is 16.3 Å². The van der Waals surface area contributed by atoms with Gasteiger partial charge in [-0.05, 0) is 41.8 Å². The van der Waals surface area contributed by atoms with Crippen LogP contribution in [0.4, 0.5) is 0 Å². The maximum absolute atomic E-state index is 12.5. The molecule has 4 rings (SSSR count). The molecule has 0 atom stereocenters. The number of carbonyl (C=O) groups excluding carboxylic acids is 1. The Morgan fingerprint density at radius 3 is 2.66 bits per heavy atom. The van der Waals surface area contributed by atoms with Crippen LogP contribution in [-0.4, -0.2) is 33.5 Å². The molecule has 178 valence electrons. The molecule has 1 heterocycles. The minimum Gasteiger partial charge on any atom is -0.497 e. The lowest BCUT2D eigenvalue weighted by Crippen LogP contribution is -2.22. The van der Waals surface area contributed by atoms with Gasteiger partial charge in [0, 0.05) is 22.9 Å². The molecule has 1 amide bonds. The summed E-state index contributed by atoms with van der Waals surface area (Å²) in [4.78, 5) is 12.5. The number of benzene rings is 3. The van der Waals surface area contributed by atoms with Crippen molar-refractivity contribution in [1.82, 2.24) is 20.1 Å². The molecular weight excluding hydrogens is 480 g/mol. The number of nitrogens with one attached hydrogen (secondary N) is 1. The van der Waals surface area contributed by atoms with Gasteiger partial charge in [-0.3, -0.25) is 9.36 Å². The average molecular weight is 505 g/mol. The van der Waals surface area contributed by atoms with Gasteiger partial charge >= 0.3 is 0 Å². The molecule has 1 N–H and O–H groups in total. The van der Waals surface area contributed by atoms with Gasteiger partial charge in [0.05, 0.1) is 19.3 Å². The maximum atomic E-state index is 12.5. The number of hydrogen-bond donors (Lipinski definition) is 1. The third-order valence-corrected chi connectivity index (χ3v) is 6.49. The highest BCUT2D eigenvalue weighted by molar-refractivity contribution is 7.99. The Labute approximate surface area is 214 Å². The molecule has 0 radical (unpaired) electrons. The van der Waals surface area contributed by atoms with E-state index >= 15 is 0 Å². The smallest absolute Gasteiger partial charge is 0.244 e. The van der Waals surface area contributed by atoms with E-state index in [0.717, 1.165) is 34.3 Å². The number of methoxy groups -OCH3 is 1. The summed E-state index contributed by atoms with van der Waals surface area (Å²) in [7, 11) is 1.63. The minimum absolute atomic E-state index is 0.217. The Bertz CT molecular complexity index is 1310. The van der Waals surface area contributed by atoms with Crippen LogP contribution in [0, 0.1) is 0 Å². The lowest BCUT2D eigenvalue weighted by molar-refractivity contribution is -0.116. The van der Waals surface area contributed by atoms with Gasteiger partial charge in [-0.25, -0.2) is 0 Å². The van der Waals surface area contributed by atoms with E-state index in [0.29, 0.717) is 10.8 Å². The third kappa shape index (κ3) is 6.74. The van der Waals surface area contributed by atoms with E-state index in [1.165, 1.54) is 11.6 Å². The van der Waals surface area contributed by atoms with Crippen molar-refractivity contribution in [3.63, 3.8) is 0 Å². The van der Waals surface area contributed by atoms with Gasteiger partial charge in [-0.2, -0.15) is 0 Å². The van der Waals surface area contributed by atoms with Gasteiger partial charge in [0.1, 0.15) is 5.75 Å². The first-order valence-corrected chi connectivity index (χ1v) is 12.5. The van der Waals surface area contributed by atoms with Crippen molar-refractivity contribution in [3.8, 4) is 11.4 Å². The highest BCUT2D eigenvalue weighted by Gasteiger charge is 2.15. The van der Waals surface area contributed by atoms with Gasteiger partial charge in [-0.15, -0.1) is 10.2 Å². The number of hydrogen-bond acceptors (Lipinski definition) is 5. The zero-order valence-corrected chi connectivity index (χ0v) is 20.8. The SMILES string of the molecule is COc1cccc(-n2c(CNC(=O)/C=C/c3ccccc3Cl)nnc2SCCc2ccccc2)c1. The minimum atomic E-state index is -0.247. The number of halogens is 1. The quantitative estimate of drug-likeness (QED) is 0.225. The number of ether oxygens (including phenoxy) is 1. The second-order valence-electron chi connectivity index (χ2n) is 7.59. The van der Waals surface area contributed by atoms with Crippen molar-refractivity contribution in [1.29, 1.82) is 0 Å². The van der Waals surface area contributed by atoms with Crippen LogP contribution in [0.1, 0.15) is 17.0 Å². The third-order valence-electron chi connectivity index (χ3n) is 5.22. The molecule has 0 aliphatic heterocycles. The molecule has 35 heavy (non-hydrogen) atoms. The number of aromatic nitrogens is 3. The topological polar surface area (TPSA) is 69.0 Å². The highest BCUT2D eigenvalue weighted by atomic mass is 35.5. The summed E-state index contributed by atoms with van der Waals surface area (Å²) in [5, 5.41) is 13.0. The van der Waals surface area contributed by atoms with E-state index in [9.17, 15) is 4.79 Å². The Kier molecular flexibility index (Phi) is 8.59. The Hall–Kier alpha value is -3.55. The fourth-order valence-electron chi connectivity index (χ4n) is 3.42. The van der Waals surface area contributed by atoms with Crippen molar-refractivity contribution in [2.24, 2.45) is 0 Å². The first kappa shape index (κ1) is 24.6. The first-order valence-electron chi connectivity index (χ1n) is 11.1. The second-order valence-corrected chi connectivity index (χ2v) is 9.06. The number of rotatable bonds is 10. The van der Waals surface area contributed by atoms with Crippen LogP contribution in [0.2, 0.25) is 5.02 Å². The Balaban J connectivity index is 1.49. The molecule has 0 bridgehead atoms. The normalized spacial score (nSPS) is 11.0. The van der Waals surface area contributed by atoms with Crippen LogP contribution in [0.5, 0.6) is 5.75 Å². The van der Waals surface area contributed by atoms with E-state index < -0.39 is 0 Å². The summed E-state index contributed by atoms with van der Waals surface area (Å²) in [5.74, 6) is 1.96. The summed E-state index contributed by atoms with van der Waals surface area (Å²) < 4.78 is 7.36. The maximum Gasteiger partial charge on any atom is 0.244 e. The molecule has 0 aliphatic carbocycles. The first-order chi connectivity index (χ1) is 17.1. The molecule has 3 aromatic carbocycles. The van der Waals surface area contributed by atoms with Crippen LogP contribution in [0.25, 0.3) is 11.8 Å². The standard InChI is InChI=1S/C27H25ClN4O2S/c1-34-23-12-7-11-22(18-23)32-25(19-29-26(33)15-14-21-10-5-6-13-24(21)28)30-31-27(32)35-17-16-20-8-3-2-4-9-20/h2-15,18H,16-17,19H2,1H3,(H,29,33)/b15-14+. The van der Waals surface area contributed by atoms with Crippen LogP contribution in [-0.2, 0) is 17.8 Å². The van der Waals surface area contributed by atoms with Crippen LogP contribution < -0.4 is 10.1 Å². The molecule has 0 aliphatic rings. The second kappa shape index (κ2) is 12.2. The van der Waals surface area contributed by atoms with Gasteiger partial charge in [-0.1, -0.05) is 78.0 Å². The summed E-state index contributed by atoms with van der Waals surface area (Å²) >= 11 is 7.78. The van der Waals surface area contributed by atoms with Gasteiger partial charge in [0.15, 0.2) is 11.0 Å². The molecule has 0 fully saturated rings. The molecule has 1 aromatic heterocycles. The molecular formula is C27H25ClN4O2S. The Morgan fingerprint density at radius 2 is 1.86 bits per heavy atom. The van der Waals surface area contributed by atoms with E-state index in [1.54, 1.807) is 31.0 Å². The van der Waals surface area contributed by atoms with Crippen molar-refractivity contribution in [3.05, 3.63) is 107 Å². The number of amides is 1. The van der Waals surface area contributed by atoms with Crippen LogP contribution in [0.3, 0.4) is 0 Å². The zero-order chi connectivity index (χ0) is 24.5. The molecule has 4 aromatic rings. The van der Waals surface area contributed by atoms with E-state index in [-0.39, 0.29) is 12.5 Å². The lowest BCUT2D eigenvalue weighted by Gasteiger charge is -2.12. The zero-order valence-electron chi connectivity index (χ0n) is 19.2. The summed E-state index contributed by atoms with van der Waals surface area (Å²) in [5.41, 5.74) is 2.92. The largest absolute Gasteiger partial charge is 0.497 e. The lowest BCUT2D eigenvalue weighted by atomic mass is 10.2. The van der Waals surface area contributed by atoms with Crippen molar-refractivity contribution >= 4 is 35.3 Å². The van der Waals surface area contributed by atoms with Gasteiger partial charge in [0.25, 0.3) is 0 Å². The fourth-order valence-corrected chi connectivity index (χ4v) is 4.58. The molecule has 0 saturated carbocycles.